The summed E-state index contributed by atoms with van der Waals surface area (Å²) in [6.45, 7) is 0.823. The summed E-state index contributed by atoms with van der Waals surface area (Å²) in [6, 6.07) is 1.91. The van der Waals surface area contributed by atoms with Crippen molar-refractivity contribution < 1.29 is 4.74 Å². The molecule has 2 aromatic rings. The summed E-state index contributed by atoms with van der Waals surface area (Å²) in [5, 5.41) is 5.17. The zero-order valence-corrected chi connectivity index (χ0v) is 11.6. The molecule has 1 saturated heterocycles. The minimum absolute atomic E-state index is 0.0735. The molecule has 100 valence electrons. The Morgan fingerprint density at radius 3 is 3.16 bits per heavy atom. The summed E-state index contributed by atoms with van der Waals surface area (Å²) >= 11 is 1.54. The molecule has 19 heavy (non-hydrogen) atoms. The van der Waals surface area contributed by atoms with E-state index in [1.165, 1.54) is 18.2 Å². The predicted octanol–water partition coefficient (Wildman–Crippen LogP) is 2.76. The van der Waals surface area contributed by atoms with Gasteiger partial charge in [-0.3, -0.25) is 0 Å². The molecule has 0 bridgehead atoms. The van der Waals surface area contributed by atoms with E-state index in [0.29, 0.717) is 0 Å². The Morgan fingerprint density at radius 2 is 2.37 bits per heavy atom. The molecule has 0 saturated carbocycles. The van der Waals surface area contributed by atoms with Crippen LogP contribution in [0.15, 0.2) is 29.8 Å². The minimum Gasteiger partial charge on any atom is -0.357 e. The average Bonchev–Trinajstić information content (AvgIpc) is 2.98. The number of thioether (sulfide) groups is 1. The van der Waals surface area contributed by atoms with Crippen molar-refractivity contribution in [2.24, 2.45) is 0 Å². The summed E-state index contributed by atoms with van der Waals surface area (Å²) in [6.07, 6.45) is 11.0. The van der Waals surface area contributed by atoms with Gasteiger partial charge in [-0.25, -0.2) is 14.6 Å². The molecule has 0 spiro atoms. The lowest BCUT2D eigenvalue weighted by molar-refractivity contribution is -0.0394. The number of hydrogen-bond donors (Lipinski definition) is 0. The first-order valence-electron chi connectivity index (χ1n) is 6.40. The van der Waals surface area contributed by atoms with Crippen LogP contribution in [-0.2, 0) is 4.74 Å². The monoisotopic (exact) mass is 276 g/mol. The summed E-state index contributed by atoms with van der Waals surface area (Å²) in [7, 11) is 0. The number of nitrogens with zero attached hydrogens (tertiary/aromatic N) is 4. The summed E-state index contributed by atoms with van der Waals surface area (Å²) in [5.41, 5.74) is 1.91. The van der Waals surface area contributed by atoms with Gasteiger partial charge in [-0.2, -0.15) is 5.10 Å². The van der Waals surface area contributed by atoms with Crippen LogP contribution in [0.4, 0.5) is 0 Å². The van der Waals surface area contributed by atoms with E-state index in [2.05, 4.69) is 15.1 Å². The van der Waals surface area contributed by atoms with Crippen LogP contribution in [0.25, 0.3) is 11.3 Å². The average molecular weight is 276 g/mol. The quantitative estimate of drug-likeness (QED) is 0.637. The van der Waals surface area contributed by atoms with Crippen molar-refractivity contribution in [2.75, 3.05) is 12.9 Å². The third-order valence-corrected chi connectivity index (χ3v) is 3.73. The highest BCUT2D eigenvalue weighted by Crippen LogP contribution is 2.24. The lowest BCUT2D eigenvalue weighted by atomic mass is 10.2. The Morgan fingerprint density at radius 1 is 1.42 bits per heavy atom. The maximum absolute atomic E-state index is 5.72. The van der Waals surface area contributed by atoms with Crippen LogP contribution in [0, 0.1) is 0 Å². The fourth-order valence-electron chi connectivity index (χ4n) is 2.16. The van der Waals surface area contributed by atoms with Gasteiger partial charge in [0.05, 0.1) is 11.9 Å². The molecule has 2 aromatic heterocycles. The molecule has 3 rings (SSSR count). The SMILES string of the molecule is CSc1nccc(-c2cnn(C3CCCCO3)c2)n1. The Kier molecular flexibility index (Phi) is 3.79. The van der Waals surface area contributed by atoms with E-state index >= 15 is 0 Å². The van der Waals surface area contributed by atoms with Gasteiger partial charge in [0.15, 0.2) is 5.16 Å². The van der Waals surface area contributed by atoms with Crippen LogP contribution in [0.3, 0.4) is 0 Å². The maximum Gasteiger partial charge on any atom is 0.187 e. The molecule has 1 aliphatic heterocycles. The molecule has 1 unspecified atom stereocenters. The molecule has 3 heterocycles. The van der Waals surface area contributed by atoms with Gasteiger partial charge in [0, 0.05) is 24.6 Å². The van der Waals surface area contributed by atoms with E-state index in [1.807, 2.05) is 29.4 Å². The van der Waals surface area contributed by atoms with Crippen molar-refractivity contribution in [2.45, 2.75) is 30.6 Å². The van der Waals surface area contributed by atoms with E-state index in [4.69, 9.17) is 4.74 Å². The molecule has 0 amide bonds. The van der Waals surface area contributed by atoms with Crippen molar-refractivity contribution in [3.05, 3.63) is 24.7 Å². The first kappa shape index (κ1) is 12.6. The molecule has 1 aliphatic rings. The Hall–Kier alpha value is -1.40. The second-order valence-electron chi connectivity index (χ2n) is 4.46. The number of hydrogen-bond acceptors (Lipinski definition) is 5. The van der Waals surface area contributed by atoms with E-state index in [9.17, 15) is 0 Å². The van der Waals surface area contributed by atoms with Gasteiger partial charge in [0.2, 0.25) is 0 Å². The van der Waals surface area contributed by atoms with Gasteiger partial charge >= 0.3 is 0 Å². The van der Waals surface area contributed by atoms with E-state index in [1.54, 1.807) is 6.20 Å². The van der Waals surface area contributed by atoms with Gasteiger partial charge in [-0.1, -0.05) is 11.8 Å². The van der Waals surface area contributed by atoms with Crippen LogP contribution in [-0.4, -0.2) is 32.6 Å². The van der Waals surface area contributed by atoms with Crippen molar-refractivity contribution in [1.29, 1.82) is 0 Å². The second-order valence-corrected chi connectivity index (χ2v) is 5.23. The van der Waals surface area contributed by atoms with E-state index in [0.717, 1.165) is 35.9 Å². The fraction of sp³-hybridized carbons (Fsp3) is 0.462. The van der Waals surface area contributed by atoms with Crippen LogP contribution in [0.5, 0.6) is 0 Å². The molecular formula is C13H16N4OS. The highest BCUT2D eigenvalue weighted by molar-refractivity contribution is 7.98. The number of aromatic nitrogens is 4. The zero-order chi connectivity index (χ0) is 13.1. The van der Waals surface area contributed by atoms with Crippen LogP contribution in [0.1, 0.15) is 25.5 Å². The molecule has 0 radical (unpaired) electrons. The van der Waals surface area contributed by atoms with Crippen molar-refractivity contribution in [3.63, 3.8) is 0 Å². The number of ether oxygens (including phenoxy) is 1. The molecular weight excluding hydrogens is 260 g/mol. The standard InChI is InChI=1S/C13H16N4OS/c1-19-13-14-6-5-11(16-13)10-8-15-17(9-10)12-4-2-3-7-18-12/h5-6,8-9,12H,2-4,7H2,1H3. The molecule has 1 fully saturated rings. The van der Waals surface area contributed by atoms with Gasteiger partial charge in [0.1, 0.15) is 6.23 Å². The highest BCUT2D eigenvalue weighted by Gasteiger charge is 2.17. The Balaban J connectivity index is 1.83. The van der Waals surface area contributed by atoms with Gasteiger partial charge < -0.3 is 4.74 Å². The first-order chi connectivity index (χ1) is 9.36. The third kappa shape index (κ3) is 2.79. The zero-order valence-electron chi connectivity index (χ0n) is 10.8. The molecule has 0 aromatic carbocycles. The highest BCUT2D eigenvalue weighted by atomic mass is 32.2. The Bertz CT molecular complexity index is 551. The van der Waals surface area contributed by atoms with Crippen LogP contribution >= 0.6 is 11.8 Å². The van der Waals surface area contributed by atoms with Crippen molar-refractivity contribution >= 4 is 11.8 Å². The lowest BCUT2D eigenvalue weighted by Crippen LogP contribution is -2.18. The molecule has 0 N–H and O–H groups in total. The topological polar surface area (TPSA) is 52.8 Å². The van der Waals surface area contributed by atoms with Crippen LogP contribution in [0.2, 0.25) is 0 Å². The van der Waals surface area contributed by atoms with Crippen LogP contribution < -0.4 is 0 Å². The van der Waals surface area contributed by atoms with Gasteiger partial charge in [0.25, 0.3) is 0 Å². The van der Waals surface area contributed by atoms with Crippen molar-refractivity contribution in [1.82, 2.24) is 19.7 Å². The molecule has 6 heteroatoms. The molecule has 0 aliphatic carbocycles. The van der Waals surface area contributed by atoms with Crippen molar-refractivity contribution in [3.8, 4) is 11.3 Å². The first-order valence-corrected chi connectivity index (χ1v) is 7.62. The predicted molar refractivity (Wildman–Crippen MR) is 73.9 cm³/mol. The number of rotatable bonds is 3. The largest absolute Gasteiger partial charge is 0.357 e. The smallest absolute Gasteiger partial charge is 0.187 e. The summed E-state index contributed by atoms with van der Waals surface area (Å²) in [5.74, 6) is 0. The molecule has 5 nitrogen and oxygen atoms in total. The van der Waals surface area contributed by atoms with E-state index < -0.39 is 0 Å². The lowest BCUT2D eigenvalue weighted by Gasteiger charge is -2.22. The molecule has 1 atom stereocenters. The summed E-state index contributed by atoms with van der Waals surface area (Å²) in [4.78, 5) is 8.66. The Labute approximate surface area is 116 Å². The third-order valence-electron chi connectivity index (χ3n) is 3.16. The van der Waals surface area contributed by atoms with E-state index in [-0.39, 0.29) is 6.23 Å². The normalized spacial score (nSPS) is 19.5. The minimum atomic E-state index is 0.0735. The fourth-order valence-corrected chi connectivity index (χ4v) is 2.52. The van der Waals surface area contributed by atoms with Gasteiger partial charge in [-0.05, 0) is 31.6 Å². The second kappa shape index (κ2) is 5.71. The summed E-state index contributed by atoms with van der Waals surface area (Å²) < 4.78 is 7.62. The maximum atomic E-state index is 5.72. The van der Waals surface area contributed by atoms with Gasteiger partial charge in [-0.15, -0.1) is 0 Å².